The average molecular weight is 341 g/mol. The molecular weight excluding hydrogens is 318 g/mol. The molecule has 6 nitrogen and oxygen atoms in total. The Kier molecular flexibility index (Phi) is 5.63. The van der Waals surface area contributed by atoms with Gasteiger partial charge in [-0.2, -0.15) is 0 Å². The van der Waals surface area contributed by atoms with Gasteiger partial charge in [0.25, 0.3) is 11.5 Å². The van der Waals surface area contributed by atoms with Gasteiger partial charge in [-0.05, 0) is 24.6 Å². The van der Waals surface area contributed by atoms with Gasteiger partial charge in [-0.15, -0.1) is 0 Å². The number of pyridine rings is 1. The molecule has 132 valence electrons. The molecule has 2 heterocycles. The Labute approximate surface area is 146 Å². The number of H-pyrrole nitrogens is 1. The van der Waals surface area contributed by atoms with Crippen molar-refractivity contribution in [3.8, 4) is 0 Å². The quantitative estimate of drug-likeness (QED) is 0.864. The third-order valence-corrected chi connectivity index (χ3v) is 4.35. The number of carbonyl (C=O) groups excluding carboxylic acids is 1. The van der Waals surface area contributed by atoms with E-state index in [0.717, 1.165) is 24.3 Å². The van der Waals surface area contributed by atoms with E-state index >= 15 is 0 Å². The second kappa shape index (κ2) is 8.09. The molecule has 0 radical (unpaired) electrons. The summed E-state index contributed by atoms with van der Waals surface area (Å²) in [6, 6.07) is 12.9. The highest BCUT2D eigenvalue weighted by Crippen LogP contribution is 2.16. The fraction of sp³-hybridized carbons (Fsp3) is 0.368. The lowest BCUT2D eigenvalue weighted by atomic mass is 10.1. The maximum atomic E-state index is 12.6. The topological polar surface area (TPSA) is 74.4 Å². The molecule has 1 unspecified atom stereocenters. The van der Waals surface area contributed by atoms with Crippen molar-refractivity contribution in [3.05, 3.63) is 69.6 Å². The minimum atomic E-state index is -0.365. The fourth-order valence-electron chi connectivity index (χ4n) is 2.95. The van der Waals surface area contributed by atoms with E-state index in [1.54, 1.807) is 19.1 Å². The molecule has 1 fully saturated rings. The van der Waals surface area contributed by atoms with Gasteiger partial charge in [0.15, 0.2) is 0 Å². The Morgan fingerprint density at radius 2 is 1.92 bits per heavy atom. The summed E-state index contributed by atoms with van der Waals surface area (Å²) in [5.41, 5.74) is 1.52. The minimum Gasteiger partial charge on any atom is -0.379 e. The number of benzene rings is 1. The molecule has 1 aliphatic heterocycles. The summed E-state index contributed by atoms with van der Waals surface area (Å²) in [7, 11) is 0. The number of morpholine rings is 1. The van der Waals surface area contributed by atoms with Crippen LogP contribution in [0.2, 0.25) is 0 Å². The zero-order valence-electron chi connectivity index (χ0n) is 14.3. The third-order valence-electron chi connectivity index (χ3n) is 4.35. The number of aromatic amines is 1. The van der Waals surface area contributed by atoms with E-state index in [4.69, 9.17) is 4.74 Å². The van der Waals surface area contributed by atoms with Crippen LogP contribution in [0, 0.1) is 6.92 Å². The Morgan fingerprint density at radius 3 is 2.60 bits per heavy atom. The van der Waals surface area contributed by atoms with Gasteiger partial charge < -0.3 is 15.0 Å². The molecule has 1 saturated heterocycles. The summed E-state index contributed by atoms with van der Waals surface area (Å²) in [5.74, 6) is -0.358. The maximum Gasteiger partial charge on any atom is 0.260 e. The van der Waals surface area contributed by atoms with Crippen molar-refractivity contribution >= 4 is 5.91 Å². The second-order valence-electron chi connectivity index (χ2n) is 6.23. The van der Waals surface area contributed by atoms with Crippen molar-refractivity contribution in [3.63, 3.8) is 0 Å². The highest BCUT2D eigenvalue weighted by molar-refractivity contribution is 5.94. The van der Waals surface area contributed by atoms with Crippen LogP contribution in [0.3, 0.4) is 0 Å². The summed E-state index contributed by atoms with van der Waals surface area (Å²) in [6.07, 6.45) is 0. The first-order valence-corrected chi connectivity index (χ1v) is 8.49. The summed E-state index contributed by atoms with van der Waals surface area (Å²) >= 11 is 0. The number of rotatable bonds is 5. The van der Waals surface area contributed by atoms with Crippen LogP contribution >= 0.6 is 0 Å². The lowest BCUT2D eigenvalue weighted by molar-refractivity contribution is 0.0332. The van der Waals surface area contributed by atoms with Crippen LogP contribution in [-0.4, -0.2) is 48.6 Å². The monoisotopic (exact) mass is 341 g/mol. The first kappa shape index (κ1) is 17.4. The molecule has 0 aliphatic carbocycles. The normalized spacial score (nSPS) is 16.4. The summed E-state index contributed by atoms with van der Waals surface area (Å²) < 4.78 is 5.39. The van der Waals surface area contributed by atoms with E-state index < -0.39 is 0 Å². The molecule has 0 bridgehead atoms. The van der Waals surface area contributed by atoms with E-state index in [2.05, 4.69) is 15.2 Å². The number of amides is 1. The number of nitrogens with one attached hydrogen (secondary N) is 2. The number of aromatic nitrogens is 1. The largest absolute Gasteiger partial charge is 0.379 e. The molecule has 0 spiro atoms. The molecule has 1 aliphatic rings. The standard InChI is InChI=1S/C19H23N3O3/c1-14-7-8-16(18(23)20-14)19(24)21-17(15-5-3-2-4-6-15)13-22-9-11-25-12-10-22/h2-8,17H,9-13H2,1H3,(H,20,23)(H,21,24). The number of carbonyl (C=O) groups is 1. The summed E-state index contributed by atoms with van der Waals surface area (Å²) in [5, 5.41) is 3.02. The Balaban J connectivity index is 1.79. The van der Waals surface area contributed by atoms with Gasteiger partial charge in [0.05, 0.1) is 19.3 Å². The van der Waals surface area contributed by atoms with Gasteiger partial charge in [0, 0.05) is 25.3 Å². The number of hydrogen-bond acceptors (Lipinski definition) is 4. The van der Waals surface area contributed by atoms with Gasteiger partial charge in [0.2, 0.25) is 0 Å². The lowest BCUT2D eigenvalue weighted by Gasteiger charge is -2.31. The smallest absolute Gasteiger partial charge is 0.260 e. The SMILES string of the molecule is Cc1ccc(C(=O)NC(CN2CCOCC2)c2ccccc2)c(=O)[nH]1. The number of aryl methyl sites for hydroxylation is 1. The van der Waals surface area contributed by atoms with Gasteiger partial charge in [0.1, 0.15) is 5.56 Å². The van der Waals surface area contributed by atoms with E-state index in [0.29, 0.717) is 19.8 Å². The van der Waals surface area contributed by atoms with E-state index in [1.165, 1.54) is 0 Å². The maximum absolute atomic E-state index is 12.6. The van der Waals surface area contributed by atoms with Crippen LogP contribution in [0.25, 0.3) is 0 Å². The second-order valence-corrected chi connectivity index (χ2v) is 6.23. The molecule has 3 rings (SSSR count). The van der Waals surface area contributed by atoms with Gasteiger partial charge in [-0.3, -0.25) is 14.5 Å². The average Bonchev–Trinajstić information content (AvgIpc) is 2.62. The van der Waals surface area contributed by atoms with Crippen LogP contribution in [0.15, 0.2) is 47.3 Å². The van der Waals surface area contributed by atoms with E-state index in [-0.39, 0.29) is 23.1 Å². The Bertz CT molecular complexity index is 767. The molecule has 6 heteroatoms. The molecule has 2 aromatic rings. The van der Waals surface area contributed by atoms with E-state index in [9.17, 15) is 9.59 Å². The van der Waals surface area contributed by atoms with Crippen molar-refractivity contribution in [2.45, 2.75) is 13.0 Å². The Morgan fingerprint density at radius 1 is 1.20 bits per heavy atom. The number of ether oxygens (including phenoxy) is 1. The van der Waals surface area contributed by atoms with Crippen molar-refractivity contribution in [2.75, 3.05) is 32.8 Å². The van der Waals surface area contributed by atoms with Crippen molar-refractivity contribution in [1.29, 1.82) is 0 Å². The lowest BCUT2D eigenvalue weighted by Crippen LogP contribution is -2.43. The van der Waals surface area contributed by atoms with Gasteiger partial charge in [-0.25, -0.2) is 0 Å². The van der Waals surface area contributed by atoms with Crippen molar-refractivity contribution < 1.29 is 9.53 Å². The van der Waals surface area contributed by atoms with Crippen LogP contribution in [0.1, 0.15) is 27.7 Å². The first-order chi connectivity index (χ1) is 12.1. The molecule has 1 aromatic heterocycles. The predicted molar refractivity (Wildman–Crippen MR) is 95.7 cm³/mol. The molecule has 1 aromatic carbocycles. The number of hydrogen-bond donors (Lipinski definition) is 2. The van der Waals surface area contributed by atoms with Crippen molar-refractivity contribution in [2.24, 2.45) is 0 Å². The minimum absolute atomic E-state index is 0.133. The van der Waals surface area contributed by atoms with Gasteiger partial charge >= 0.3 is 0 Å². The summed E-state index contributed by atoms with van der Waals surface area (Å²) in [6.45, 7) is 5.55. The zero-order valence-corrected chi connectivity index (χ0v) is 14.3. The molecule has 0 saturated carbocycles. The molecule has 2 N–H and O–H groups in total. The molecule has 25 heavy (non-hydrogen) atoms. The van der Waals surface area contributed by atoms with Gasteiger partial charge in [-0.1, -0.05) is 30.3 Å². The fourth-order valence-corrected chi connectivity index (χ4v) is 2.95. The Hall–Kier alpha value is -2.44. The highest BCUT2D eigenvalue weighted by Gasteiger charge is 2.21. The van der Waals surface area contributed by atoms with Crippen LogP contribution in [0.4, 0.5) is 0 Å². The number of nitrogens with zero attached hydrogens (tertiary/aromatic N) is 1. The molecule has 1 amide bonds. The van der Waals surface area contributed by atoms with Crippen molar-refractivity contribution in [1.82, 2.24) is 15.2 Å². The van der Waals surface area contributed by atoms with Crippen LogP contribution in [0.5, 0.6) is 0 Å². The summed E-state index contributed by atoms with van der Waals surface area (Å²) in [4.78, 5) is 29.6. The zero-order chi connectivity index (χ0) is 17.6. The highest BCUT2D eigenvalue weighted by atomic mass is 16.5. The predicted octanol–water partition coefficient (Wildman–Crippen LogP) is 1.49. The third kappa shape index (κ3) is 4.55. The van der Waals surface area contributed by atoms with Crippen LogP contribution in [-0.2, 0) is 4.74 Å². The molecular formula is C19H23N3O3. The van der Waals surface area contributed by atoms with Crippen LogP contribution < -0.4 is 10.9 Å². The van der Waals surface area contributed by atoms with E-state index in [1.807, 2.05) is 30.3 Å². The first-order valence-electron chi connectivity index (χ1n) is 8.49. The molecule has 1 atom stereocenters.